The molecule has 0 fully saturated rings. The lowest BCUT2D eigenvalue weighted by Gasteiger charge is -2.19. The van der Waals surface area contributed by atoms with E-state index in [0.29, 0.717) is 0 Å². The van der Waals surface area contributed by atoms with Crippen molar-refractivity contribution >= 4 is 27.6 Å². The molecule has 0 saturated heterocycles. The van der Waals surface area contributed by atoms with Gasteiger partial charge in [0.1, 0.15) is 17.4 Å². The summed E-state index contributed by atoms with van der Waals surface area (Å²) in [4.78, 5) is 10.8. The smallest absolute Gasteiger partial charge is 0.341 e. The normalized spacial score (nSPS) is 11.3. The van der Waals surface area contributed by atoms with Gasteiger partial charge in [-0.05, 0) is 48.0 Å². The molecular weight excluding hydrogens is 490 g/mol. The lowest BCUT2D eigenvalue weighted by molar-refractivity contribution is -0.139. The number of benzene rings is 3. The molecule has 3 aromatic carbocycles. The van der Waals surface area contributed by atoms with Gasteiger partial charge in [-0.2, -0.15) is 9.57 Å². The van der Waals surface area contributed by atoms with Gasteiger partial charge in [0.25, 0.3) is 0 Å². The molecule has 176 valence electrons. The minimum atomic E-state index is -4.03. The number of hydrogen-bond acceptors (Lipinski definition) is 5. The summed E-state index contributed by atoms with van der Waals surface area (Å²) in [5.41, 5.74) is 0.0972. The van der Waals surface area contributed by atoms with Crippen LogP contribution < -0.4 is 4.74 Å². The van der Waals surface area contributed by atoms with E-state index >= 15 is 0 Å². The van der Waals surface area contributed by atoms with Crippen LogP contribution in [0.5, 0.6) is 5.75 Å². The number of carbonyl (C=O) groups is 1. The van der Waals surface area contributed by atoms with Crippen LogP contribution in [0.4, 0.5) is 8.78 Å². The highest BCUT2D eigenvalue weighted by atomic mass is 35.5. The summed E-state index contributed by atoms with van der Waals surface area (Å²) in [6, 6.07) is 12.9. The van der Waals surface area contributed by atoms with E-state index in [1.54, 1.807) is 6.07 Å². The molecule has 0 aliphatic heterocycles. The number of carboxylic acid groups (broad SMARTS) is 1. The van der Waals surface area contributed by atoms with Crippen LogP contribution in [0.3, 0.4) is 0 Å². The summed E-state index contributed by atoms with van der Waals surface area (Å²) in [6.07, 6.45) is 0. The lowest BCUT2D eigenvalue weighted by atomic mass is 9.99. The molecule has 11 heteroatoms. The summed E-state index contributed by atoms with van der Waals surface area (Å²) in [5, 5.41) is 18.3. The Labute approximate surface area is 199 Å². The third-order valence-electron chi connectivity index (χ3n) is 4.73. The number of halogens is 3. The zero-order valence-corrected chi connectivity index (χ0v) is 19.2. The number of hydrogen-bond donors (Lipinski definition) is 1. The number of ether oxygens (including phenoxy) is 1. The van der Waals surface area contributed by atoms with Crippen LogP contribution in [0, 0.1) is 23.0 Å². The third-order valence-corrected chi connectivity index (χ3v) is 6.77. The van der Waals surface area contributed by atoms with E-state index in [9.17, 15) is 22.0 Å². The Kier molecular flexibility index (Phi) is 7.51. The van der Waals surface area contributed by atoms with Gasteiger partial charge in [0, 0.05) is 35.8 Å². The van der Waals surface area contributed by atoms with Crippen molar-refractivity contribution in [3.63, 3.8) is 0 Å². The highest BCUT2D eigenvalue weighted by Crippen LogP contribution is 2.34. The molecular formula is C23H17ClF2N2O5S. The maximum Gasteiger partial charge on any atom is 0.341 e. The molecule has 3 rings (SSSR count). The molecule has 0 radical (unpaired) electrons. The van der Waals surface area contributed by atoms with Gasteiger partial charge < -0.3 is 9.84 Å². The van der Waals surface area contributed by atoms with E-state index in [-0.39, 0.29) is 37.9 Å². The molecule has 0 unspecified atom stereocenters. The number of nitriles is 1. The summed E-state index contributed by atoms with van der Waals surface area (Å²) in [6.45, 7) is -1.21. The Morgan fingerprint density at radius 2 is 1.91 bits per heavy atom. The molecule has 7 nitrogen and oxygen atoms in total. The maximum absolute atomic E-state index is 14.9. The molecule has 34 heavy (non-hydrogen) atoms. The van der Waals surface area contributed by atoms with Crippen molar-refractivity contribution in [2.24, 2.45) is 0 Å². The van der Waals surface area contributed by atoms with Crippen LogP contribution in [0.15, 0.2) is 59.5 Å². The molecule has 0 aromatic heterocycles. The second kappa shape index (κ2) is 10.2. The molecule has 0 heterocycles. The van der Waals surface area contributed by atoms with E-state index in [1.165, 1.54) is 43.4 Å². The fourth-order valence-electron chi connectivity index (χ4n) is 3.15. The van der Waals surface area contributed by atoms with Gasteiger partial charge in [-0.25, -0.2) is 22.0 Å². The fraction of sp³-hybridized carbons (Fsp3) is 0.130. The van der Waals surface area contributed by atoms with Gasteiger partial charge in [-0.1, -0.05) is 17.7 Å². The predicted octanol–water partition coefficient (Wildman–Crippen LogP) is 4.44. The van der Waals surface area contributed by atoms with Crippen LogP contribution in [0.25, 0.3) is 11.1 Å². The Morgan fingerprint density at radius 1 is 1.18 bits per heavy atom. The van der Waals surface area contributed by atoms with Gasteiger partial charge in [0.15, 0.2) is 6.61 Å². The van der Waals surface area contributed by atoms with E-state index in [0.717, 1.165) is 22.5 Å². The molecule has 3 aromatic rings. The zero-order valence-electron chi connectivity index (χ0n) is 17.6. The Morgan fingerprint density at radius 3 is 2.56 bits per heavy atom. The first kappa shape index (κ1) is 25.1. The molecule has 0 aliphatic carbocycles. The Hall–Kier alpha value is -3.52. The zero-order chi connectivity index (χ0) is 25.0. The molecule has 0 atom stereocenters. The molecule has 0 amide bonds. The summed E-state index contributed by atoms with van der Waals surface area (Å²) in [7, 11) is -2.78. The van der Waals surface area contributed by atoms with Crippen LogP contribution in [-0.2, 0) is 21.4 Å². The third kappa shape index (κ3) is 5.69. The largest absolute Gasteiger partial charge is 0.481 e. The minimum absolute atomic E-state index is 0.0225. The van der Waals surface area contributed by atoms with E-state index in [1.807, 2.05) is 0 Å². The second-order valence-electron chi connectivity index (χ2n) is 7.18. The van der Waals surface area contributed by atoms with E-state index in [2.05, 4.69) is 0 Å². The van der Waals surface area contributed by atoms with Gasteiger partial charge >= 0.3 is 5.97 Å². The fourth-order valence-corrected chi connectivity index (χ4v) is 4.60. The van der Waals surface area contributed by atoms with Gasteiger partial charge in [0.05, 0.1) is 16.5 Å². The van der Waals surface area contributed by atoms with Crippen LogP contribution in [-0.4, -0.2) is 37.5 Å². The minimum Gasteiger partial charge on any atom is -0.481 e. The van der Waals surface area contributed by atoms with Crippen molar-refractivity contribution in [2.75, 3.05) is 13.7 Å². The topological polar surface area (TPSA) is 108 Å². The number of aliphatic carboxylic acids is 1. The maximum atomic E-state index is 14.9. The highest BCUT2D eigenvalue weighted by Gasteiger charge is 2.24. The van der Waals surface area contributed by atoms with Crippen molar-refractivity contribution in [2.45, 2.75) is 11.4 Å². The lowest BCUT2D eigenvalue weighted by Crippen LogP contribution is -2.27. The van der Waals surface area contributed by atoms with Crippen molar-refractivity contribution < 1.29 is 31.8 Å². The van der Waals surface area contributed by atoms with E-state index < -0.39 is 40.8 Å². The number of rotatable bonds is 8. The van der Waals surface area contributed by atoms with Crippen molar-refractivity contribution in [3.8, 4) is 22.9 Å². The van der Waals surface area contributed by atoms with Crippen molar-refractivity contribution in [3.05, 3.63) is 82.4 Å². The van der Waals surface area contributed by atoms with E-state index in [4.69, 9.17) is 26.7 Å². The number of carboxylic acids is 1. The average molecular weight is 507 g/mol. The van der Waals surface area contributed by atoms with Gasteiger partial charge in [-0.3, -0.25) is 0 Å². The van der Waals surface area contributed by atoms with Crippen molar-refractivity contribution in [1.82, 2.24) is 4.31 Å². The average Bonchev–Trinajstić information content (AvgIpc) is 2.78. The quantitative estimate of drug-likeness (QED) is 0.484. The molecule has 0 saturated carbocycles. The van der Waals surface area contributed by atoms with Gasteiger partial charge in [-0.15, -0.1) is 0 Å². The number of sulfonamides is 1. The summed E-state index contributed by atoms with van der Waals surface area (Å²) < 4.78 is 60.8. The summed E-state index contributed by atoms with van der Waals surface area (Å²) >= 11 is 5.88. The molecule has 0 bridgehead atoms. The highest BCUT2D eigenvalue weighted by molar-refractivity contribution is 7.89. The molecule has 0 aliphatic rings. The molecule has 1 N–H and O–H groups in total. The number of nitrogens with zero attached hydrogens (tertiary/aromatic N) is 2. The van der Waals surface area contributed by atoms with Gasteiger partial charge in [0.2, 0.25) is 10.0 Å². The standard InChI is InChI=1S/C23H17ClF2N2O5S/c1-28(34(31,32)19-4-2-3-17(24)9-19)12-16-8-20(15-5-14(11-27)6-18(25)7-15)22(10-21(16)26)33-13-23(29)30/h2-10H,12-13H2,1H3,(H,29,30). The van der Waals surface area contributed by atoms with Crippen LogP contribution in [0.2, 0.25) is 5.02 Å². The molecule has 0 spiro atoms. The van der Waals surface area contributed by atoms with Crippen LogP contribution >= 0.6 is 11.6 Å². The monoisotopic (exact) mass is 506 g/mol. The second-order valence-corrected chi connectivity index (χ2v) is 9.66. The van der Waals surface area contributed by atoms with Crippen molar-refractivity contribution in [1.29, 1.82) is 5.26 Å². The Bertz CT molecular complexity index is 1410. The first-order valence-electron chi connectivity index (χ1n) is 9.61. The summed E-state index contributed by atoms with van der Waals surface area (Å²) in [5.74, 6) is -3.14. The Balaban J connectivity index is 2.07. The predicted molar refractivity (Wildman–Crippen MR) is 120 cm³/mol. The first-order chi connectivity index (χ1) is 16.0. The van der Waals surface area contributed by atoms with Crippen LogP contribution in [0.1, 0.15) is 11.1 Å². The first-order valence-corrected chi connectivity index (χ1v) is 11.4. The SMILES string of the molecule is CN(Cc1cc(-c2cc(F)cc(C#N)c2)c(OCC(=O)O)cc1F)S(=O)(=O)c1cccc(Cl)c1.